The molecule has 0 aliphatic heterocycles. The zero-order valence-corrected chi connectivity index (χ0v) is 11.2. The van der Waals surface area contributed by atoms with Gasteiger partial charge >= 0.3 is 0 Å². The van der Waals surface area contributed by atoms with Crippen molar-refractivity contribution in [3.05, 3.63) is 18.2 Å². The third kappa shape index (κ3) is 2.38. The van der Waals surface area contributed by atoms with Gasteiger partial charge in [-0.2, -0.15) is 0 Å². The second-order valence-corrected chi connectivity index (χ2v) is 5.39. The largest absolute Gasteiger partial charge is 0.378 e. The van der Waals surface area contributed by atoms with Crippen molar-refractivity contribution < 1.29 is 4.74 Å². The average Bonchev–Trinajstić information content (AvgIpc) is 2.68. The summed E-state index contributed by atoms with van der Waals surface area (Å²) < 4.78 is 7.78. The summed E-state index contributed by atoms with van der Waals surface area (Å²) in [5, 5.41) is 3.58. The van der Waals surface area contributed by atoms with Crippen LogP contribution in [0.15, 0.2) is 12.4 Å². The molecule has 1 aliphatic rings. The smallest absolute Gasteiger partial charge is 0.122 e. The Hall–Kier alpha value is -0.870. The van der Waals surface area contributed by atoms with E-state index in [9.17, 15) is 0 Å². The van der Waals surface area contributed by atoms with Gasteiger partial charge in [-0.05, 0) is 13.3 Å². The molecule has 0 bridgehead atoms. The number of nitrogens with zero attached hydrogens (tertiary/aromatic N) is 2. The van der Waals surface area contributed by atoms with Gasteiger partial charge in [-0.25, -0.2) is 4.98 Å². The summed E-state index contributed by atoms with van der Waals surface area (Å²) in [6.45, 7) is 8.24. The molecule has 2 unspecified atom stereocenters. The lowest BCUT2D eigenvalue weighted by Crippen LogP contribution is -2.60. The van der Waals surface area contributed by atoms with Crippen molar-refractivity contribution >= 4 is 0 Å². The van der Waals surface area contributed by atoms with Crippen LogP contribution in [-0.2, 0) is 18.3 Å². The van der Waals surface area contributed by atoms with Crippen LogP contribution in [0.2, 0.25) is 0 Å². The molecule has 0 amide bonds. The lowest BCUT2D eigenvalue weighted by molar-refractivity contribution is -0.114. The summed E-state index contributed by atoms with van der Waals surface area (Å²) in [5.41, 5.74) is 0.223. The Balaban J connectivity index is 1.84. The van der Waals surface area contributed by atoms with E-state index in [1.54, 1.807) is 0 Å². The van der Waals surface area contributed by atoms with Crippen LogP contribution in [0.25, 0.3) is 0 Å². The van der Waals surface area contributed by atoms with Crippen molar-refractivity contribution in [1.82, 2.24) is 14.9 Å². The maximum Gasteiger partial charge on any atom is 0.122 e. The number of ether oxygens (including phenoxy) is 1. The topological polar surface area (TPSA) is 39.1 Å². The van der Waals surface area contributed by atoms with E-state index in [2.05, 4.69) is 35.6 Å². The lowest BCUT2D eigenvalue weighted by Gasteiger charge is -2.51. The highest BCUT2D eigenvalue weighted by Crippen LogP contribution is 2.42. The Morgan fingerprint density at radius 3 is 2.88 bits per heavy atom. The Kier molecular flexibility index (Phi) is 3.54. The number of rotatable bonds is 5. The normalized spacial score (nSPS) is 26.8. The van der Waals surface area contributed by atoms with E-state index >= 15 is 0 Å². The van der Waals surface area contributed by atoms with Crippen LogP contribution in [0.5, 0.6) is 0 Å². The first-order valence-electron chi connectivity index (χ1n) is 6.37. The molecule has 1 fully saturated rings. The number of hydrogen-bond donors (Lipinski definition) is 1. The van der Waals surface area contributed by atoms with E-state index in [1.165, 1.54) is 0 Å². The molecule has 0 spiro atoms. The fraction of sp³-hybridized carbons (Fsp3) is 0.769. The van der Waals surface area contributed by atoms with E-state index in [0.29, 0.717) is 12.1 Å². The van der Waals surface area contributed by atoms with Crippen LogP contribution in [0.1, 0.15) is 33.0 Å². The van der Waals surface area contributed by atoms with E-state index in [4.69, 9.17) is 4.74 Å². The van der Waals surface area contributed by atoms with Crippen molar-refractivity contribution in [3.63, 3.8) is 0 Å². The van der Waals surface area contributed by atoms with Crippen LogP contribution in [0.3, 0.4) is 0 Å². The minimum atomic E-state index is 0.223. The van der Waals surface area contributed by atoms with E-state index in [-0.39, 0.29) is 5.41 Å². The third-order valence-corrected chi connectivity index (χ3v) is 3.97. The van der Waals surface area contributed by atoms with Crippen LogP contribution in [0.4, 0.5) is 0 Å². The van der Waals surface area contributed by atoms with Gasteiger partial charge in [0, 0.05) is 37.5 Å². The second kappa shape index (κ2) is 4.78. The molecule has 4 heteroatoms. The zero-order valence-electron chi connectivity index (χ0n) is 11.2. The number of imidazole rings is 1. The van der Waals surface area contributed by atoms with Crippen LogP contribution >= 0.6 is 0 Å². The van der Waals surface area contributed by atoms with Gasteiger partial charge in [0.2, 0.25) is 0 Å². The van der Waals surface area contributed by atoms with E-state index < -0.39 is 0 Å². The predicted molar refractivity (Wildman–Crippen MR) is 67.6 cm³/mol. The van der Waals surface area contributed by atoms with Gasteiger partial charge in [0.05, 0.1) is 12.6 Å². The summed E-state index contributed by atoms with van der Waals surface area (Å²) in [6, 6.07) is 0.524. The van der Waals surface area contributed by atoms with Crippen molar-refractivity contribution in [3.8, 4) is 0 Å². The molecule has 1 heterocycles. The summed E-state index contributed by atoms with van der Waals surface area (Å²) in [7, 11) is 2.03. The van der Waals surface area contributed by atoms with Gasteiger partial charge in [-0.1, -0.05) is 13.8 Å². The maximum absolute atomic E-state index is 5.72. The summed E-state index contributed by atoms with van der Waals surface area (Å²) in [4.78, 5) is 4.32. The van der Waals surface area contributed by atoms with Crippen molar-refractivity contribution in [2.24, 2.45) is 12.5 Å². The molecule has 17 heavy (non-hydrogen) atoms. The second-order valence-electron chi connectivity index (χ2n) is 5.39. The molecule has 2 rings (SSSR count). The number of aryl methyl sites for hydroxylation is 1. The molecular formula is C13H23N3O. The Morgan fingerprint density at radius 1 is 1.59 bits per heavy atom. The lowest BCUT2D eigenvalue weighted by atomic mass is 9.64. The molecule has 1 aromatic rings. The fourth-order valence-corrected chi connectivity index (χ4v) is 2.50. The van der Waals surface area contributed by atoms with Gasteiger partial charge < -0.3 is 14.6 Å². The summed E-state index contributed by atoms with van der Waals surface area (Å²) >= 11 is 0. The number of nitrogens with one attached hydrogen (secondary N) is 1. The third-order valence-electron chi connectivity index (χ3n) is 3.97. The molecule has 1 aliphatic carbocycles. The van der Waals surface area contributed by atoms with Crippen LogP contribution in [-0.4, -0.2) is 28.3 Å². The van der Waals surface area contributed by atoms with Crippen molar-refractivity contribution in [2.45, 2.75) is 45.9 Å². The Morgan fingerprint density at radius 2 is 2.35 bits per heavy atom. The first kappa shape index (κ1) is 12.6. The van der Waals surface area contributed by atoms with Gasteiger partial charge in [0.25, 0.3) is 0 Å². The fourth-order valence-electron chi connectivity index (χ4n) is 2.50. The zero-order chi connectivity index (χ0) is 12.5. The highest BCUT2D eigenvalue weighted by atomic mass is 16.5. The number of aromatic nitrogens is 2. The monoisotopic (exact) mass is 237 g/mol. The Labute approximate surface area is 103 Å². The first-order valence-corrected chi connectivity index (χ1v) is 6.37. The predicted octanol–water partition coefficient (Wildman–Crippen LogP) is 1.71. The highest BCUT2D eigenvalue weighted by molar-refractivity contribution is 5.03. The molecule has 4 nitrogen and oxygen atoms in total. The minimum absolute atomic E-state index is 0.223. The SMILES string of the molecule is CCOC1CC(NCc2nccn2C)C1(C)C. The maximum atomic E-state index is 5.72. The standard InChI is InChI=1S/C13H23N3O/c1-5-17-11-8-10(13(11,2)3)15-9-12-14-6-7-16(12)4/h6-7,10-11,15H,5,8-9H2,1-4H3. The molecule has 0 radical (unpaired) electrons. The molecule has 1 aromatic heterocycles. The first-order chi connectivity index (χ1) is 8.05. The molecule has 1 saturated carbocycles. The average molecular weight is 237 g/mol. The summed E-state index contributed by atoms with van der Waals surface area (Å²) in [6.07, 6.45) is 5.31. The molecule has 0 aromatic carbocycles. The van der Waals surface area contributed by atoms with Gasteiger partial charge in [0.15, 0.2) is 0 Å². The summed E-state index contributed by atoms with van der Waals surface area (Å²) in [5.74, 6) is 1.08. The molecule has 96 valence electrons. The highest BCUT2D eigenvalue weighted by Gasteiger charge is 2.48. The van der Waals surface area contributed by atoms with Crippen molar-refractivity contribution in [1.29, 1.82) is 0 Å². The number of hydrogen-bond acceptors (Lipinski definition) is 3. The van der Waals surface area contributed by atoms with Crippen LogP contribution < -0.4 is 5.32 Å². The molecule has 0 saturated heterocycles. The minimum Gasteiger partial charge on any atom is -0.378 e. The molecule has 2 atom stereocenters. The van der Waals surface area contributed by atoms with E-state index in [1.807, 2.05) is 19.4 Å². The quantitative estimate of drug-likeness (QED) is 0.847. The molecule has 1 N–H and O–H groups in total. The molecular weight excluding hydrogens is 214 g/mol. The van der Waals surface area contributed by atoms with Crippen molar-refractivity contribution in [2.75, 3.05) is 6.61 Å². The van der Waals surface area contributed by atoms with Gasteiger partial charge in [-0.15, -0.1) is 0 Å². The van der Waals surface area contributed by atoms with Gasteiger partial charge in [-0.3, -0.25) is 0 Å². The van der Waals surface area contributed by atoms with Gasteiger partial charge in [0.1, 0.15) is 5.82 Å². The Bertz CT molecular complexity index is 372. The van der Waals surface area contributed by atoms with E-state index in [0.717, 1.165) is 25.4 Å². The van der Waals surface area contributed by atoms with Crippen LogP contribution in [0, 0.1) is 5.41 Å².